The number of nitrogens with zero attached hydrogens (tertiary/aromatic N) is 1. The highest BCUT2D eigenvalue weighted by molar-refractivity contribution is 5.70. The summed E-state index contributed by atoms with van der Waals surface area (Å²) in [7, 11) is 0. The molecular formula is C39H74NO6+. The summed E-state index contributed by atoms with van der Waals surface area (Å²) >= 11 is 0. The number of rotatable bonds is 34. The van der Waals surface area contributed by atoms with Gasteiger partial charge in [0, 0.05) is 19.3 Å². The summed E-state index contributed by atoms with van der Waals surface area (Å²) in [5.74, 6) is -3.95. The Morgan fingerprint density at radius 1 is 0.457 bits per heavy atom. The van der Waals surface area contributed by atoms with Crippen LogP contribution < -0.4 is 0 Å². The first kappa shape index (κ1) is 44.1. The second-order valence-electron chi connectivity index (χ2n) is 14.4. The zero-order valence-corrected chi connectivity index (χ0v) is 30.5. The largest absolute Gasteiger partial charge is 0.481 e. The van der Waals surface area contributed by atoms with Crippen molar-refractivity contribution in [3.8, 4) is 0 Å². The summed E-state index contributed by atoms with van der Waals surface area (Å²) in [6.07, 6.45) is 32.3. The van der Waals surface area contributed by atoms with Crippen molar-refractivity contribution in [2.24, 2.45) is 17.8 Å². The van der Waals surface area contributed by atoms with E-state index in [0.29, 0.717) is 43.4 Å². The molecule has 0 aromatic rings. The fourth-order valence-electron chi connectivity index (χ4n) is 6.20. The molecule has 0 amide bonds. The summed E-state index contributed by atoms with van der Waals surface area (Å²) in [6, 6.07) is 0. The predicted molar refractivity (Wildman–Crippen MR) is 191 cm³/mol. The van der Waals surface area contributed by atoms with Crippen LogP contribution in [0.4, 0.5) is 0 Å². The van der Waals surface area contributed by atoms with Crippen LogP contribution in [0, 0.1) is 17.8 Å². The van der Waals surface area contributed by atoms with Crippen molar-refractivity contribution in [3.63, 3.8) is 0 Å². The van der Waals surface area contributed by atoms with Crippen LogP contribution in [0.1, 0.15) is 175 Å². The van der Waals surface area contributed by atoms with Crippen molar-refractivity contribution < 1.29 is 34.2 Å². The lowest BCUT2D eigenvalue weighted by Crippen LogP contribution is -2.52. The van der Waals surface area contributed by atoms with E-state index in [1.165, 1.54) is 103 Å². The van der Waals surface area contributed by atoms with Gasteiger partial charge in [0.05, 0.1) is 43.9 Å². The lowest BCUT2D eigenvalue weighted by molar-refractivity contribution is -0.929. The van der Waals surface area contributed by atoms with Crippen molar-refractivity contribution in [3.05, 3.63) is 12.2 Å². The van der Waals surface area contributed by atoms with E-state index >= 15 is 0 Å². The summed E-state index contributed by atoms with van der Waals surface area (Å²) in [5.41, 5.74) is 0. The van der Waals surface area contributed by atoms with Gasteiger partial charge in [0.25, 0.3) is 0 Å². The molecular weight excluding hydrogens is 578 g/mol. The molecule has 0 saturated carbocycles. The van der Waals surface area contributed by atoms with E-state index in [1.54, 1.807) is 20.8 Å². The third-order valence-electron chi connectivity index (χ3n) is 10.0. The zero-order valence-electron chi connectivity index (χ0n) is 30.5. The molecule has 3 unspecified atom stereocenters. The van der Waals surface area contributed by atoms with Crippen LogP contribution in [0.25, 0.3) is 0 Å². The van der Waals surface area contributed by atoms with E-state index in [2.05, 4.69) is 19.1 Å². The maximum atomic E-state index is 11.5. The van der Waals surface area contributed by atoms with Gasteiger partial charge < -0.3 is 19.8 Å². The molecule has 0 fully saturated rings. The van der Waals surface area contributed by atoms with Crippen molar-refractivity contribution in [2.45, 2.75) is 175 Å². The first-order valence-electron chi connectivity index (χ1n) is 19.2. The molecule has 0 saturated heterocycles. The van der Waals surface area contributed by atoms with Crippen molar-refractivity contribution >= 4 is 17.9 Å². The van der Waals surface area contributed by atoms with Crippen molar-refractivity contribution in [1.29, 1.82) is 0 Å². The number of aliphatic carboxylic acids is 3. The topological polar surface area (TPSA) is 112 Å². The molecule has 270 valence electrons. The minimum atomic E-state index is -0.828. The van der Waals surface area contributed by atoms with Crippen LogP contribution >= 0.6 is 0 Å². The van der Waals surface area contributed by atoms with Gasteiger partial charge in [0.2, 0.25) is 0 Å². The number of quaternary nitrogens is 1. The molecule has 7 heteroatoms. The zero-order chi connectivity index (χ0) is 34.5. The smallest absolute Gasteiger partial charge is 0.306 e. The lowest BCUT2D eigenvalue weighted by atomic mass is 10.0. The number of carboxylic acid groups (broad SMARTS) is 3. The van der Waals surface area contributed by atoms with Gasteiger partial charge >= 0.3 is 17.9 Å². The first-order chi connectivity index (χ1) is 22.0. The number of carbonyl (C=O) groups is 3. The van der Waals surface area contributed by atoms with Crippen LogP contribution in [0.2, 0.25) is 0 Å². The number of allylic oxidation sites excluding steroid dienone is 2. The Hall–Kier alpha value is -1.89. The number of hydrogen-bond acceptors (Lipinski definition) is 3. The molecule has 3 atom stereocenters. The average molecular weight is 653 g/mol. The van der Waals surface area contributed by atoms with Crippen LogP contribution in [0.15, 0.2) is 12.2 Å². The van der Waals surface area contributed by atoms with Crippen LogP contribution in [0.5, 0.6) is 0 Å². The predicted octanol–water partition coefficient (Wildman–Crippen LogP) is 10.5. The monoisotopic (exact) mass is 653 g/mol. The molecule has 0 aromatic heterocycles. The van der Waals surface area contributed by atoms with Gasteiger partial charge in [-0.05, 0) is 32.1 Å². The molecule has 0 aliphatic heterocycles. The van der Waals surface area contributed by atoms with Gasteiger partial charge in [0.15, 0.2) is 0 Å². The van der Waals surface area contributed by atoms with Gasteiger partial charge in [-0.3, -0.25) is 14.4 Å². The Morgan fingerprint density at radius 2 is 0.739 bits per heavy atom. The fraction of sp³-hybridized carbons (Fsp3) is 0.872. The van der Waals surface area contributed by atoms with E-state index in [0.717, 1.165) is 32.2 Å². The Morgan fingerprint density at radius 3 is 1.04 bits per heavy atom. The Labute approximate surface area is 283 Å². The van der Waals surface area contributed by atoms with E-state index in [4.69, 9.17) is 0 Å². The van der Waals surface area contributed by atoms with Gasteiger partial charge in [-0.2, -0.15) is 0 Å². The normalized spacial score (nSPS) is 15.0. The fourth-order valence-corrected chi connectivity index (χ4v) is 6.20. The van der Waals surface area contributed by atoms with Crippen LogP contribution in [-0.2, 0) is 14.4 Å². The number of hydrogen-bond donors (Lipinski definition) is 3. The maximum absolute atomic E-state index is 11.5. The summed E-state index contributed by atoms with van der Waals surface area (Å²) in [4.78, 5) is 34.6. The molecule has 0 rings (SSSR count). The SMILES string of the molecule is CCCCCCCCCCCCCCCCCC/C=C/CCCC[N+](CCC(C)C(=O)O)(CCC(C)C(=O)O)CCC(C)C(=O)O. The Bertz CT molecular complexity index is 738. The first-order valence-corrected chi connectivity index (χ1v) is 19.2. The summed E-state index contributed by atoms with van der Waals surface area (Å²) in [6.45, 7) is 10.1. The molecule has 0 heterocycles. The second-order valence-corrected chi connectivity index (χ2v) is 14.4. The highest BCUT2D eigenvalue weighted by atomic mass is 16.4. The molecule has 0 aromatic carbocycles. The number of carboxylic acids is 3. The molecule has 0 aliphatic carbocycles. The minimum Gasteiger partial charge on any atom is -0.481 e. The average Bonchev–Trinajstić information content (AvgIpc) is 3.03. The molecule has 0 bridgehead atoms. The molecule has 0 radical (unpaired) electrons. The number of unbranched alkanes of at least 4 members (excludes halogenated alkanes) is 18. The second kappa shape index (κ2) is 29.3. The molecule has 0 spiro atoms. The van der Waals surface area contributed by atoms with Crippen molar-refractivity contribution in [1.82, 2.24) is 0 Å². The standard InChI is InChI=1S/C39H73NO6/c1-5-6-7-8-9-10-11-12-13-14-15-16-17-18-19-20-21-22-23-24-25-26-30-40(31-27-34(2)37(41)42,32-28-35(3)38(43)44)33-29-36(4)39(45)46/h22-23,34-36H,5-21,24-33H2,1-4H3,(H2-,41,42,43,44,45,46)/p+1/b23-22+. The highest BCUT2D eigenvalue weighted by Gasteiger charge is 2.31. The van der Waals surface area contributed by atoms with E-state index in [9.17, 15) is 29.7 Å². The molecule has 0 aliphatic rings. The van der Waals surface area contributed by atoms with E-state index < -0.39 is 35.7 Å². The van der Waals surface area contributed by atoms with E-state index in [1.807, 2.05) is 0 Å². The van der Waals surface area contributed by atoms with Gasteiger partial charge in [0.1, 0.15) is 0 Å². The van der Waals surface area contributed by atoms with Gasteiger partial charge in [-0.1, -0.05) is 136 Å². The summed E-state index contributed by atoms with van der Waals surface area (Å²) in [5, 5.41) is 28.4. The third kappa shape index (κ3) is 25.2. The maximum Gasteiger partial charge on any atom is 0.306 e. The van der Waals surface area contributed by atoms with E-state index in [-0.39, 0.29) is 0 Å². The molecule has 7 nitrogen and oxygen atoms in total. The Balaban J connectivity index is 4.34. The third-order valence-corrected chi connectivity index (χ3v) is 10.0. The highest BCUT2D eigenvalue weighted by Crippen LogP contribution is 2.22. The summed E-state index contributed by atoms with van der Waals surface area (Å²) < 4.78 is 0.593. The van der Waals surface area contributed by atoms with Crippen LogP contribution in [0.3, 0.4) is 0 Å². The lowest BCUT2D eigenvalue weighted by Gasteiger charge is -2.40. The van der Waals surface area contributed by atoms with Crippen LogP contribution in [-0.4, -0.2) is 63.9 Å². The Kier molecular flexibility index (Phi) is 28.1. The minimum absolute atomic E-state index is 0.487. The quantitative estimate of drug-likeness (QED) is 0.0362. The van der Waals surface area contributed by atoms with Crippen molar-refractivity contribution in [2.75, 3.05) is 26.2 Å². The molecule has 46 heavy (non-hydrogen) atoms. The molecule has 3 N–H and O–H groups in total. The van der Waals surface area contributed by atoms with Gasteiger partial charge in [-0.15, -0.1) is 0 Å². The van der Waals surface area contributed by atoms with Gasteiger partial charge in [-0.25, -0.2) is 0 Å².